The maximum Gasteiger partial charge on any atom is 0.00613 e. The molecule has 13 heavy (non-hydrogen) atoms. The minimum Gasteiger partial charge on any atom is -0.328 e. The van der Waals surface area contributed by atoms with E-state index < -0.39 is 0 Å². The van der Waals surface area contributed by atoms with E-state index in [1.165, 1.54) is 32.2 Å². The van der Waals surface area contributed by atoms with Gasteiger partial charge in [-0.25, -0.2) is 0 Å². The molecule has 1 aliphatic rings. The zero-order valence-corrected chi connectivity index (χ0v) is 9.29. The summed E-state index contributed by atoms with van der Waals surface area (Å²) in [6, 6.07) is 1.20. The number of nitrogens with zero attached hydrogens (tertiary/aromatic N) is 1. The Labute approximate surface area is 82.5 Å². The highest BCUT2D eigenvalue weighted by molar-refractivity contribution is 4.80. The lowest BCUT2D eigenvalue weighted by molar-refractivity contribution is 0.214. The SMILES string of the molecule is CCC(C)N(C)CC1CCC(N)C1. The smallest absolute Gasteiger partial charge is 0.00613 e. The Morgan fingerprint density at radius 1 is 1.46 bits per heavy atom. The van der Waals surface area contributed by atoms with Gasteiger partial charge in [-0.05, 0) is 45.6 Å². The molecule has 0 bridgehead atoms. The Hall–Kier alpha value is -0.0800. The predicted molar refractivity (Wildman–Crippen MR) is 57.7 cm³/mol. The van der Waals surface area contributed by atoms with Crippen molar-refractivity contribution < 1.29 is 0 Å². The van der Waals surface area contributed by atoms with Gasteiger partial charge >= 0.3 is 0 Å². The second kappa shape index (κ2) is 4.97. The molecular formula is C11H24N2. The van der Waals surface area contributed by atoms with Crippen LogP contribution < -0.4 is 5.73 Å². The summed E-state index contributed by atoms with van der Waals surface area (Å²) in [5.41, 5.74) is 5.89. The van der Waals surface area contributed by atoms with Crippen LogP contribution in [0.25, 0.3) is 0 Å². The van der Waals surface area contributed by atoms with Crippen molar-refractivity contribution in [2.75, 3.05) is 13.6 Å². The number of rotatable bonds is 4. The fourth-order valence-electron chi connectivity index (χ4n) is 2.18. The summed E-state index contributed by atoms with van der Waals surface area (Å²) in [5, 5.41) is 0. The van der Waals surface area contributed by atoms with E-state index in [0.717, 1.165) is 12.0 Å². The van der Waals surface area contributed by atoms with Gasteiger partial charge in [-0.1, -0.05) is 6.92 Å². The van der Waals surface area contributed by atoms with Gasteiger partial charge in [0.25, 0.3) is 0 Å². The third kappa shape index (κ3) is 3.28. The molecule has 0 saturated heterocycles. The zero-order valence-electron chi connectivity index (χ0n) is 9.29. The molecule has 0 aliphatic heterocycles. The minimum absolute atomic E-state index is 0.482. The first kappa shape index (κ1) is 11.0. The van der Waals surface area contributed by atoms with Crippen molar-refractivity contribution in [1.29, 1.82) is 0 Å². The number of hydrogen-bond acceptors (Lipinski definition) is 2. The van der Waals surface area contributed by atoms with Crippen LogP contribution in [0.4, 0.5) is 0 Å². The van der Waals surface area contributed by atoms with Crippen molar-refractivity contribution in [3.05, 3.63) is 0 Å². The van der Waals surface area contributed by atoms with Crippen LogP contribution in [0.3, 0.4) is 0 Å². The highest BCUT2D eigenvalue weighted by Gasteiger charge is 2.23. The van der Waals surface area contributed by atoms with E-state index in [9.17, 15) is 0 Å². The van der Waals surface area contributed by atoms with Crippen LogP contribution in [0.2, 0.25) is 0 Å². The van der Waals surface area contributed by atoms with Crippen molar-refractivity contribution in [2.24, 2.45) is 11.7 Å². The van der Waals surface area contributed by atoms with Crippen LogP contribution in [-0.4, -0.2) is 30.6 Å². The molecule has 2 N–H and O–H groups in total. The van der Waals surface area contributed by atoms with Crippen LogP contribution >= 0.6 is 0 Å². The Balaban J connectivity index is 2.24. The largest absolute Gasteiger partial charge is 0.328 e. The van der Waals surface area contributed by atoms with Crippen LogP contribution in [-0.2, 0) is 0 Å². The molecule has 0 heterocycles. The van der Waals surface area contributed by atoms with E-state index >= 15 is 0 Å². The van der Waals surface area contributed by atoms with Gasteiger partial charge in [0.15, 0.2) is 0 Å². The van der Waals surface area contributed by atoms with Gasteiger partial charge in [-0.15, -0.1) is 0 Å². The van der Waals surface area contributed by atoms with Gasteiger partial charge in [0.05, 0.1) is 0 Å². The summed E-state index contributed by atoms with van der Waals surface area (Å²) in [6.45, 7) is 5.79. The average molecular weight is 184 g/mol. The molecule has 2 heteroatoms. The summed E-state index contributed by atoms with van der Waals surface area (Å²) in [5.74, 6) is 0.856. The van der Waals surface area contributed by atoms with Crippen molar-refractivity contribution in [3.8, 4) is 0 Å². The first-order valence-electron chi connectivity index (χ1n) is 5.59. The second-order valence-corrected chi connectivity index (χ2v) is 4.64. The van der Waals surface area contributed by atoms with E-state index in [1.54, 1.807) is 0 Å². The molecule has 0 amide bonds. The minimum atomic E-state index is 0.482. The van der Waals surface area contributed by atoms with Crippen molar-refractivity contribution >= 4 is 0 Å². The summed E-state index contributed by atoms with van der Waals surface area (Å²) < 4.78 is 0. The molecule has 0 aromatic rings. The lowest BCUT2D eigenvalue weighted by Gasteiger charge is -2.26. The third-order valence-corrected chi connectivity index (χ3v) is 3.47. The average Bonchev–Trinajstić information content (AvgIpc) is 2.49. The van der Waals surface area contributed by atoms with E-state index in [1.807, 2.05) is 0 Å². The van der Waals surface area contributed by atoms with E-state index in [4.69, 9.17) is 5.73 Å². The van der Waals surface area contributed by atoms with Crippen LogP contribution in [0, 0.1) is 5.92 Å². The first-order chi connectivity index (χ1) is 6.13. The first-order valence-corrected chi connectivity index (χ1v) is 5.59. The molecule has 1 aliphatic carbocycles. The fourth-order valence-corrected chi connectivity index (χ4v) is 2.18. The fraction of sp³-hybridized carbons (Fsp3) is 1.00. The molecular weight excluding hydrogens is 160 g/mol. The van der Waals surface area contributed by atoms with E-state index in [2.05, 4.69) is 25.8 Å². The zero-order chi connectivity index (χ0) is 9.84. The quantitative estimate of drug-likeness (QED) is 0.722. The molecule has 0 spiro atoms. The Morgan fingerprint density at radius 3 is 2.62 bits per heavy atom. The summed E-state index contributed by atoms with van der Waals surface area (Å²) in [7, 11) is 2.23. The lowest BCUT2D eigenvalue weighted by Crippen LogP contribution is -2.33. The maximum atomic E-state index is 5.89. The van der Waals surface area contributed by atoms with Gasteiger partial charge in [0.2, 0.25) is 0 Å². The molecule has 78 valence electrons. The van der Waals surface area contributed by atoms with Crippen LogP contribution in [0.1, 0.15) is 39.5 Å². The van der Waals surface area contributed by atoms with Gasteiger partial charge in [0, 0.05) is 18.6 Å². The standard InChI is InChI=1S/C11H24N2/c1-4-9(2)13(3)8-10-5-6-11(12)7-10/h9-11H,4-8,12H2,1-3H3. The monoisotopic (exact) mass is 184 g/mol. The molecule has 3 unspecified atom stereocenters. The normalized spacial score (nSPS) is 31.2. The molecule has 0 aromatic carbocycles. The van der Waals surface area contributed by atoms with Gasteiger partial charge in [0.1, 0.15) is 0 Å². The van der Waals surface area contributed by atoms with Gasteiger partial charge in [-0.3, -0.25) is 0 Å². The summed E-state index contributed by atoms with van der Waals surface area (Å²) in [4.78, 5) is 2.47. The van der Waals surface area contributed by atoms with E-state index in [0.29, 0.717) is 6.04 Å². The van der Waals surface area contributed by atoms with Crippen LogP contribution in [0.5, 0.6) is 0 Å². The molecule has 1 rings (SSSR count). The van der Waals surface area contributed by atoms with Crippen molar-refractivity contribution in [2.45, 2.75) is 51.6 Å². The Kier molecular flexibility index (Phi) is 4.20. The third-order valence-electron chi connectivity index (χ3n) is 3.47. The van der Waals surface area contributed by atoms with Crippen molar-refractivity contribution in [3.63, 3.8) is 0 Å². The van der Waals surface area contributed by atoms with Gasteiger partial charge in [-0.2, -0.15) is 0 Å². The molecule has 0 radical (unpaired) electrons. The Morgan fingerprint density at radius 2 is 2.15 bits per heavy atom. The van der Waals surface area contributed by atoms with Gasteiger partial charge < -0.3 is 10.6 Å². The molecule has 0 aromatic heterocycles. The lowest BCUT2D eigenvalue weighted by atomic mass is 10.1. The number of nitrogens with two attached hydrogens (primary N) is 1. The molecule has 3 atom stereocenters. The molecule has 2 nitrogen and oxygen atoms in total. The highest BCUT2D eigenvalue weighted by atomic mass is 15.1. The molecule has 1 saturated carbocycles. The van der Waals surface area contributed by atoms with E-state index in [-0.39, 0.29) is 0 Å². The predicted octanol–water partition coefficient (Wildman–Crippen LogP) is 1.84. The maximum absolute atomic E-state index is 5.89. The summed E-state index contributed by atoms with van der Waals surface area (Å²) in [6.07, 6.45) is 5.05. The number of hydrogen-bond donors (Lipinski definition) is 1. The van der Waals surface area contributed by atoms with Crippen molar-refractivity contribution in [1.82, 2.24) is 4.90 Å². The highest BCUT2D eigenvalue weighted by Crippen LogP contribution is 2.25. The Bertz CT molecular complexity index is 147. The summed E-state index contributed by atoms with van der Waals surface area (Å²) >= 11 is 0. The molecule has 1 fully saturated rings. The second-order valence-electron chi connectivity index (χ2n) is 4.64. The van der Waals surface area contributed by atoms with Crippen LogP contribution in [0.15, 0.2) is 0 Å². The topological polar surface area (TPSA) is 29.3 Å².